The first kappa shape index (κ1) is 24.7. The van der Waals surface area contributed by atoms with E-state index in [9.17, 15) is 14.4 Å². The molecule has 1 saturated heterocycles. The Bertz CT molecular complexity index is 1130. The van der Waals surface area contributed by atoms with Gasteiger partial charge in [0.25, 0.3) is 11.8 Å². The van der Waals surface area contributed by atoms with E-state index in [4.69, 9.17) is 31.2 Å². The molecule has 2 aromatic carbocycles. The lowest BCUT2D eigenvalue weighted by atomic mass is 10.1. The van der Waals surface area contributed by atoms with E-state index in [0.717, 1.165) is 0 Å². The Hall–Kier alpha value is -3.92. The second-order valence-corrected chi connectivity index (χ2v) is 7.28. The number of anilines is 1. The van der Waals surface area contributed by atoms with E-state index in [0.29, 0.717) is 35.1 Å². The van der Waals surface area contributed by atoms with Crippen molar-refractivity contribution in [3.63, 3.8) is 0 Å². The molecule has 34 heavy (non-hydrogen) atoms. The molecule has 1 N–H and O–H groups in total. The summed E-state index contributed by atoms with van der Waals surface area (Å²) in [6.07, 6.45) is 1.44. The first-order valence-electron chi connectivity index (χ1n) is 10.5. The van der Waals surface area contributed by atoms with Crippen LogP contribution in [0.4, 0.5) is 5.69 Å². The quantitative estimate of drug-likeness (QED) is 0.251. The number of rotatable bonds is 9. The molecule has 178 valence electrons. The van der Waals surface area contributed by atoms with Gasteiger partial charge in [-0.15, -0.1) is 0 Å². The van der Waals surface area contributed by atoms with Crippen molar-refractivity contribution >= 4 is 46.9 Å². The molecular weight excluding hydrogens is 460 g/mol. The maximum Gasteiger partial charge on any atom is 0.344 e. The van der Waals surface area contributed by atoms with Crippen molar-refractivity contribution in [3.8, 4) is 17.2 Å². The smallest absolute Gasteiger partial charge is 0.344 e. The van der Waals surface area contributed by atoms with Gasteiger partial charge in [0.2, 0.25) is 0 Å². The summed E-state index contributed by atoms with van der Waals surface area (Å²) >= 11 is 5.22. The fourth-order valence-corrected chi connectivity index (χ4v) is 3.41. The number of nitrogens with one attached hydrogen (secondary N) is 1. The van der Waals surface area contributed by atoms with Gasteiger partial charge in [-0.05, 0) is 74.1 Å². The Morgan fingerprint density at radius 2 is 1.76 bits per heavy atom. The van der Waals surface area contributed by atoms with Crippen molar-refractivity contribution in [2.45, 2.75) is 13.8 Å². The molecule has 2 amide bonds. The SMILES string of the molecule is CCOC(=O)COc1ccc(/C=C2\C(=O)NC(=S)N(c3ccc(OC)cc3)C2=O)cc1OCC. The lowest BCUT2D eigenvalue weighted by molar-refractivity contribution is -0.145. The monoisotopic (exact) mass is 484 g/mol. The fraction of sp³-hybridized carbons (Fsp3) is 0.250. The number of hydrogen-bond donors (Lipinski definition) is 1. The van der Waals surface area contributed by atoms with Gasteiger partial charge < -0.3 is 18.9 Å². The third-order valence-corrected chi connectivity index (χ3v) is 4.95. The number of methoxy groups -OCH3 is 1. The molecule has 1 heterocycles. The Kier molecular flexibility index (Phi) is 8.20. The number of esters is 1. The van der Waals surface area contributed by atoms with Crippen molar-refractivity contribution < 1.29 is 33.3 Å². The van der Waals surface area contributed by atoms with E-state index in [2.05, 4.69) is 5.32 Å². The molecule has 0 aromatic heterocycles. The Labute approximate surface area is 202 Å². The Morgan fingerprint density at radius 3 is 2.41 bits per heavy atom. The van der Waals surface area contributed by atoms with Crippen LogP contribution in [-0.2, 0) is 19.1 Å². The predicted molar refractivity (Wildman–Crippen MR) is 129 cm³/mol. The second-order valence-electron chi connectivity index (χ2n) is 6.89. The van der Waals surface area contributed by atoms with Crippen LogP contribution in [0, 0.1) is 0 Å². The topological polar surface area (TPSA) is 103 Å². The largest absolute Gasteiger partial charge is 0.497 e. The van der Waals surface area contributed by atoms with Crippen LogP contribution >= 0.6 is 12.2 Å². The van der Waals surface area contributed by atoms with Gasteiger partial charge in [0.1, 0.15) is 11.3 Å². The number of benzene rings is 2. The van der Waals surface area contributed by atoms with E-state index in [1.807, 2.05) is 0 Å². The fourth-order valence-electron chi connectivity index (χ4n) is 3.13. The van der Waals surface area contributed by atoms with Crippen LogP contribution in [-0.4, -0.2) is 49.8 Å². The molecule has 0 bridgehead atoms. The van der Waals surface area contributed by atoms with Crippen LogP contribution in [0.3, 0.4) is 0 Å². The molecule has 1 aliphatic rings. The average molecular weight is 485 g/mol. The van der Waals surface area contributed by atoms with Crippen molar-refractivity contribution in [3.05, 3.63) is 53.6 Å². The molecular formula is C24H24N2O7S. The summed E-state index contributed by atoms with van der Waals surface area (Å²) < 4.78 is 21.1. The maximum absolute atomic E-state index is 13.2. The average Bonchev–Trinajstić information content (AvgIpc) is 2.82. The summed E-state index contributed by atoms with van der Waals surface area (Å²) in [5.74, 6) is -0.382. The number of ether oxygens (including phenoxy) is 4. The van der Waals surface area contributed by atoms with Gasteiger partial charge in [-0.1, -0.05) is 6.07 Å². The first-order chi connectivity index (χ1) is 16.4. The normalized spacial score (nSPS) is 14.6. The molecule has 0 atom stereocenters. The molecule has 0 aliphatic carbocycles. The van der Waals surface area contributed by atoms with Gasteiger partial charge in [-0.2, -0.15) is 0 Å². The van der Waals surface area contributed by atoms with E-state index < -0.39 is 17.8 Å². The van der Waals surface area contributed by atoms with Crippen molar-refractivity contribution in [1.29, 1.82) is 0 Å². The lowest BCUT2D eigenvalue weighted by Gasteiger charge is -2.29. The molecule has 0 radical (unpaired) electrons. The molecule has 9 nitrogen and oxygen atoms in total. The minimum Gasteiger partial charge on any atom is -0.497 e. The number of hydrogen-bond acceptors (Lipinski definition) is 8. The summed E-state index contributed by atoms with van der Waals surface area (Å²) in [4.78, 5) is 38.6. The zero-order valence-electron chi connectivity index (χ0n) is 19.0. The van der Waals surface area contributed by atoms with Crippen molar-refractivity contribution in [1.82, 2.24) is 5.32 Å². The molecule has 1 fully saturated rings. The third kappa shape index (κ3) is 5.70. The number of thiocarbonyl (C=S) groups is 1. The van der Waals surface area contributed by atoms with Crippen molar-refractivity contribution in [2.24, 2.45) is 0 Å². The van der Waals surface area contributed by atoms with Crippen LogP contribution in [0.2, 0.25) is 0 Å². The van der Waals surface area contributed by atoms with Crippen molar-refractivity contribution in [2.75, 3.05) is 31.8 Å². The number of carbonyl (C=O) groups is 3. The standard InChI is InChI=1S/C24H24N2O7S/c1-4-31-20-13-15(6-11-19(20)33-14-21(27)32-5-2)12-18-22(28)25-24(34)26(23(18)29)16-7-9-17(30-3)10-8-16/h6-13H,4-5,14H2,1-3H3,(H,25,28,34)/b18-12+. The minimum atomic E-state index is -0.611. The lowest BCUT2D eigenvalue weighted by Crippen LogP contribution is -2.54. The zero-order chi connectivity index (χ0) is 24.7. The van der Waals surface area contributed by atoms with Crippen LogP contribution < -0.4 is 24.4 Å². The number of amides is 2. The molecule has 3 rings (SSSR count). The van der Waals surface area contributed by atoms with Gasteiger partial charge in [0, 0.05) is 0 Å². The summed E-state index contributed by atoms with van der Waals surface area (Å²) in [5.41, 5.74) is 0.902. The second kappa shape index (κ2) is 11.3. The molecule has 0 spiro atoms. The zero-order valence-corrected chi connectivity index (χ0v) is 19.8. The Morgan fingerprint density at radius 1 is 1.03 bits per heavy atom. The summed E-state index contributed by atoms with van der Waals surface area (Å²) in [6.45, 7) is 3.82. The Balaban J connectivity index is 1.89. The van der Waals surface area contributed by atoms with Crippen LogP contribution in [0.15, 0.2) is 48.0 Å². The third-order valence-electron chi connectivity index (χ3n) is 4.66. The molecule has 0 unspecified atom stereocenters. The van der Waals surface area contributed by atoms with Gasteiger partial charge in [0.15, 0.2) is 23.2 Å². The minimum absolute atomic E-state index is 0.0185. The molecule has 2 aromatic rings. The summed E-state index contributed by atoms with van der Waals surface area (Å²) in [5, 5.41) is 2.53. The van der Waals surface area contributed by atoms with Gasteiger partial charge in [-0.25, -0.2) is 4.79 Å². The van der Waals surface area contributed by atoms with E-state index >= 15 is 0 Å². The molecule has 0 saturated carbocycles. The predicted octanol–water partition coefficient (Wildman–Crippen LogP) is 2.87. The van der Waals surface area contributed by atoms with Gasteiger partial charge in [0.05, 0.1) is 26.0 Å². The highest BCUT2D eigenvalue weighted by Gasteiger charge is 2.34. The van der Waals surface area contributed by atoms with E-state index in [-0.39, 0.29) is 23.9 Å². The van der Waals surface area contributed by atoms with Crippen LogP contribution in [0.25, 0.3) is 6.08 Å². The van der Waals surface area contributed by atoms with Gasteiger partial charge in [-0.3, -0.25) is 19.8 Å². The van der Waals surface area contributed by atoms with Crippen LogP contribution in [0.1, 0.15) is 19.4 Å². The van der Waals surface area contributed by atoms with E-state index in [1.54, 1.807) is 56.3 Å². The van der Waals surface area contributed by atoms with Crippen LogP contribution in [0.5, 0.6) is 17.2 Å². The van der Waals surface area contributed by atoms with E-state index in [1.165, 1.54) is 18.1 Å². The highest BCUT2D eigenvalue weighted by molar-refractivity contribution is 7.80. The maximum atomic E-state index is 13.2. The number of carbonyl (C=O) groups excluding carboxylic acids is 3. The van der Waals surface area contributed by atoms with Gasteiger partial charge >= 0.3 is 5.97 Å². The molecule has 10 heteroatoms. The highest BCUT2D eigenvalue weighted by Crippen LogP contribution is 2.30. The highest BCUT2D eigenvalue weighted by atomic mass is 32.1. The molecule has 1 aliphatic heterocycles. The summed E-state index contributed by atoms with van der Waals surface area (Å²) in [6, 6.07) is 11.6. The summed E-state index contributed by atoms with van der Waals surface area (Å²) in [7, 11) is 1.54. The first-order valence-corrected chi connectivity index (χ1v) is 10.9. The number of nitrogens with zero attached hydrogens (tertiary/aromatic N) is 1.